The van der Waals surface area contributed by atoms with Gasteiger partial charge in [-0.1, -0.05) is 65.4 Å². The smallest absolute Gasteiger partial charge is 0 e. The Morgan fingerprint density at radius 3 is 0.889 bits per heavy atom. The van der Waals surface area contributed by atoms with Crippen LogP contribution >= 0.6 is 28.3 Å². The standard InChI is InChI=1S/CH4IP.5CH4.U/c1-3-2;;;;;;/h3H,1H3;5*1H4;. The Labute approximate surface area is 102 Å². The van der Waals surface area contributed by atoms with E-state index in [0.717, 1.165) is 6.22 Å². The van der Waals surface area contributed by atoms with Gasteiger partial charge in [0.1, 0.15) is 0 Å². The fourth-order valence-corrected chi connectivity index (χ4v) is 0. The van der Waals surface area contributed by atoms with Crippen LogP contribution in [0.25, 0.3) is 0 Å². The summed E-state index contributed by atoms with van der Waals surface area (Å²) in [5, 5.41) is 0. The number of hydrogen-bond donors (Lipinski definition) is 0. The maximum absolute atomic E-state index is 2.32. The minimum Gasteiger partial charge on any atom is -0.0776 e. The van der Waals surface area contributed by atoms with Crippen LogP contribution in [0.15, 0.2) is 0 Å². The zero-order valence-corrected chi connectivity index (χ0v) is 9.70. The summed E-state index contributed by atoms with van der Waals surface area (Å²) in [6.07, 6.45) is 1.05. The summed E-state index contributed by atoms with van der Waals surface area (Å²) in [6, 6.07) is 0. The summed E-state index contributed by atoms with van der Waals surface area (Å²) < 4.78 is 0. The first-order chi connectivity index (χ1) is 1.41. The van der Waals surface area contributed by atoms with Crippen molar-refractivity contribution in [3.05, 3.63) is 0 Å². The molecule has 0 rings (SSSR count). The Morgan fingerprint density at radius 2 is 0.889 bits per heavy atom. The minimum absolute atomic E-state index is 0. The van der Waals surface area contributed by atoms with Crippen molar-refractivity contribution in [2.75, 3.05) is 6.66 Å². The molecule has 0 spiro atoms. The van der Waals surface area contributed by atoms with E-state index < -0.39 is 0 Å². The van der Waals surface area contributed by atoms with Crippen LogP contribution in [-0.2, 0) is 0 Å². The van der Waals surface area contributed by atoms with Crippen molar-refractivity contribution in [2.24, 2.45) is 0 Å². The molecule has 0 fully saturated rings. The fourth-order valence-electron chi connectivity index (χ4n) is 0. The van der Waals surface area contributed by atoms with Crippen molar-refractivity contribution in [3.8, 4) is 0 Å². The third-order valence-corrected chi connectivity index (χ3v) is 0. The van der Waals surface area contributed by atoms with Crippen LogP contribution in [0, 0.1) is 31.1 Å². The largest absolute Gasteiger partial charge is 0.0776 e. The van der Waals surface area contributed by atoms with Crippen molar-refractivity contribution in [3.63, 3.8) is 0 Å². The molecular weight excluding hydrogens is 468 g/mol. The first-order valence-electron chi connectivity index (χ1n) is 0.689. The molecule has 0 saturated heterocycles. The number of hydrogen-bond acceptors (Lipinski definition) is 0. The summed E-state index contributed by atoms with van der Waals surface area (Å²) in [7, 11) is 0. The van der Waals surface area contributed by atoms with E-state index in [4.69, 9.17) is 0 Å². The van der Waals surface area contributed by atoms with E-state index in [1.807, 2.05) is 0 Å². The Morgan fingerprint density at radius 1 is 0.889 bits per heavy atom. The van der Waals surface area contributed by atoms with Crippen molar-refractivity contribution in [1.29, 1.82) is 0 Å². The van der Waals surface area contributed by atoms with Gasteiger partial charge in [0.05, 0.1) is 0 Å². The molecule has 0 radical (unpaired) electrons. The topological polar surface area (TPSA) is 0 Å². The predicted molar refractivity (Wildman–Crippen MR) is 61.9 cm³/mol. The third-order valence-electron chi connectivity index (χ3n) is 0. The van der Waals surface area contributed by atoms with E-state index in [1.54, 1.807) is 0 Å². The number of rotatable bonds is 0. The average molecular weight is 492 g/mol. The van der Waals surface area contributed by atoms with Crippen molar-refractivity contribution in [2.45, 2.75) is 37.1 Å². The van der Waals surface area contributed by atoms with Crippen LogP contribution < -0.4 is 0 Å². The maximum atomic E-state index is 2.32. The molecule has 3 heteroatoms. The molecule has 0 aromatic carbocycles. The van der Waals surface area contributed by atoms with Crippen molar-refractivity contribution in [1.82, 2.24) is 0 Å². The number of halogens is 1. The SMILES string of the molecule is C.C.C.C.C.CPI.[U]. The molecule has 64 valence electrons. The van der Waals surface area contributed by atoms with Crippen LogP contribution in [-0.4, -0.2) is 6.66 Å². The van der Waals surface area contributed by atoms with Gasteiger partial charge in [0.2, 0.25) is 0 Å². The molecule has 0 saturated carbocycles. The minimum atomic E-state index is 0. The second-order valence-corrected chi connectivity index (χ2v) is 3.80. The van der Waals surface area contributed by atoms with Crippen LogP contribution in [0.1, 0.15) is 37.1 Å². The summed E-state index contributed by atoms with van der Waals surface area (Å²) in [5.74, 6) is 0. The van der Waals surface area contributed by atoms with Crippen LogP contribution in [0.3, 0.4) is 0 Å². The van der Waals surface area contributed by atoms with Crippen LogP contribution in [0.5, 0.6) is 0 Å². The summed E-state index contributed by atoms with van der Waals surface area (Å²) in [5.41, 5.74) is 0. The molecule has 0 nitrogen and oxygen atoms in total. The molecule has 0 aliphatic carbocycles. The van der Waals surface area contributed by atoms with Gasteiger partial charge in [-0.05, 0) is 6.66 Å². The second-order valence-electron chi connectivity index (χ2n) is 0.189. The van der Waals surface area contributed by atoms with Gasteiger partial charge in [-0.2, -0.15) is 0 Å². The molecule has 0 aliphatic heterocycles. The summed E-state index contributed by atoms with van der Waals surface area (Å²) >= 11 is 2.32. The van der Waals surface area contributed by atoms with Gasteiger partial charge in [-0.3, -0.25) is 0 Å². The van der Waals surface area contributed by atoms with Gasteiger partial charge in [0.25, 0.3) is 0 Å². The molecule has 0 amide bonds. The van der Waals surface area contributed by atoms with Gasteiger partial charge in [-0.15, -0.1) is 0 Å². The van der Waals surface area contributed by atoms with E-state index >= 15 is 0 Å². The van der Waals surface area contributed by atoms with Gasteiger partial charge in [0.15, 0.2) is 0 Å². The fraction of sp³-hybridized carbons (Fsp3) is 1.00. The van der Waals surface area contributed by atoms with Crippen LogP contribution in [0.4, 0.5) is 0 Å². The summed E-state index contributed by atoms with van der Waals surface area (Å²) in [4.78, 5) is 0. The quantitative estimate of drug-likeness (QED) is 0.336. The monoisotopic (exact) mass is 492 g/mol. The van der Waals surface area contributed by atoms with E-state index in [2.05, 4.69) is 28.7 Å². The molecule has 0 heterocycles. The van der Waals surface area contributed by atoms with Gasteiger partial charge < -0.3 is 0 Å². The Hall–Kier alpha value is 2.21. The Kier molecular flexibility index (Phi) is 615. The van der Waals surface area contributed by atoms with Crippen LogP contribution in [0.2, 0.25) is 0 Å². The zero-order chi connectivity index (χ0) is 2.71. The molecule has 0 aliphatic rings. The van der Waals surface area contributed by atoms with Gasteiger partial charge in [-0.25, -0.2) is 0 Å². The van der Waals surface area contributed by atoms with E-state index in [0.29, 0.717) is 0 Å². The zero-order valence-electron chi connectivity index (χ0n) is 2.38. The van der Waals surface area contributed by atoms with E-state index in [1.165, 1.54) is 0 Å². The first kappa shape index (κ1) is 65.9. The van der Waals surface area contributed by atoms with Gasteiger partial charge >= 0.3 is 0 Å². The second kappa shape index (κ2) is 84.0. The molecule has 9 heavy (non-hydrogen) atoms. The average Bonchev–Trinajstić information content (AvgIpc) is 0.918. The Bertz CT molecular complexity index is 13.0. The molecule has 0 aromatic rings. The molecule has 1 unspecified atom stereocenters. The normalized spacial score (nSPS) is 3.33. The van der Waals surface area contributed by atoms with E-state index in [-0.39, 0.29) is 68.2 Å². The third kappa shape index (κ3) is 141. The first-order valence-corrected chi connectivity index (χ1v) is 5.30. The maximum Gasteiger partial charge on any atom is 0 e. The molecular formula is C6H24IPU. The molecule has 0 N–H and O–H groups in total. The van der Waals surface area contributed by atoms with E-state index in [9.17, 15) is 0 Å². The Balaban J connectivity index is -0.00000000133. The van der Waals surface area contributed by atoms with Crippen molar-refractivity contribution < 1.29 is 31.1 Å². The molecule has 1 atom stereocenters. The predicted octanol–water partition coefficient (Wildman–Crippen LogP) is 4.83. The molecule has 0 bridgehead atoms. The molecule has 0 aromatic heterocycles. The van der Waals surface area contributed by atoms with Crippen molar-refractivity contribution >= 4 is 28.3 Å². The summed E-state index contributed by atoms with van der Waals surface area (Å²) in [6.45, 7) is 2.14. The van der Waals surface area contributed by atoms with Gasteiger partial charge in [0, 0.05) is 31.1 Å².